The number of hydrogen-bond donors (Lipinski definition) is 0. The molecule has 0 radical (unpaired) electrons. The molecular weight excluding hydrogens is 452 g/mol. The van der Waals surface area contributed by atoms with E-state index in [0.29, 0.717) is 35.3 Å². The van der Waals surface area contributed by atoms with Crippen molar-refractivity contribution >= 4 is 38.5 Å². The average Bonchev–Trinajstić information content (AvgIpc) is 3.11. The molecule has 0 bridgehead atoms. The van der Waals surface area contributed by atoms with Gasteiger partial charge in [-0.1, -0.05) is 17.7 Å². The van der Waals surface area contributed by atoms with Gasteiger partial charge in [-0.25, -0.2) is 13.2 Å². The molecule has 0 atom stereocenters. The van der Waals surface area contributed by atoms with E-state index < -0.39 is 21.5 Å². The molecule has 7 nitrogen and oxygen atoms in total. The summed E-state index contributed by atoms with van der Waals surface area (Å²) in [5.41, 5.74) is 0.708. The van der Waals surface area contributed by atoms with Crippen molar-refractivity contribution in [3.63, 3.8) is 0 Å². The van der Waals surface area contributed by atoms with Crippen LogP contribution in [0.25, 0.3) is 11.0 Å². The lowest BCUT2D eigenvalue weighted by molar-refractivity contribution is 0.0220. The van der Waals surface area contributed by atoms with Gasteiger partial charge < -0.3 is 14.1 Å². The number of fused-ring (bicyclic) bond motifs is 3. The van der Waals surface area contributed by atoms with Crippen molar-refractivity contribution in [3.05, 3.63) is 58.3 Å². The second-order valence-electron chi connectivity index (χ2n) is 8.58. The van der Waals surface area contributed by atoms with Gasteiger partial charge in [-0.15, -0.1) is 0 Å². The van der Waals surface area contributed by atoms with E-state index in [2.05, 4.69) is 0 Å². The number of rotatable bonds is 2. The van der Waals surface area contributed by atoms with E-state index in [1.807, 2.05) is 6.07 Å². The van der Waals surface area contributed by atoms with Gasteiger partial charge in [0.2, 0.25) is 9.84 Å². The van der Waals surface area contributed by atoms with E-state index in [1.54, 1.807) is 25.7 Å². The van der Waals surface area contributed by atoms with Gasteiger partial charge in [0.1, 0.15) is 11.4 Å². The summed E-state index contributed by atoms with van der Waals surface area (Å²) in [5, 5.41) is 9.81. The Kier molecular flexibility index (Phi) is 5.43. The van der Waals surface area contributed by atoms with Crippen molar-refractivity contribution < 1.29 is 22.4 Å². The normalized spacial score (nSPS) is 14.2. The summed E-state index contributed by atoms with van der Waals surface area (Å²) in [4.78, 5) is 14.1. The predicted molar refractivity (Wildman–Crippen MR) is 118 cm³/mol. The summed E-state index contributed by atoms with van der Waals surface area (Å²) in [7, 11) is -3.93. The molecule has 0 fully saturated rings. The Hall–Kier alpha value is -3.02. The van der Waals surface area contributed by atoms with Crippen molar-refractivity contribution in [3.8, 4) is 6.07 Å². The first-order valence-electron chi connectivity index (χ1n) is 9.96. The zero-order valence-corrected chi connectivity index (χ0v) is 19.4. The number of halogens is 1. The summed E-state index contributed by atoms with van der Waals surface area (Å²) < 4.78 is 37.8. The second kappa shape index (κ2) is 7.84. The van der Waals surface area contributed by atoms with Crippen LogP contribution >= 0.6 is 11.6 Å². The van der Waals surface area contributed by atoms with Gasteiger partial charge in [-0.05, 0) is 51.1 Å². The first-order valence-corrected chi connectivity index (χ1v) is 11.8. The van der Waals surface area contributed by atoms with Crippen LogP contribution in [0.15, 0.2) is 50.6 Å². The summed E-state index contributed by atoms with van der Waals surface area (Å²) in [6.45, 7) is 6.04. The van der Waals surface area contributed by atoms with Crippen LogP contribution in [0.3, 0.4) is 0 Å². The van der Waals surface area contributed by atoms with E-state index in [9.17, 15) is 13.2 Å². The zero-order chi connectivity index (χ0) is 23.3. The van der Waals surface area contributed by atoms with Gasteiger partial charge in [-0.2, -0.15) is 5.26 Å². The SMILES string of the molecule is CC(C)(C)OC(=O)N1CCc2oc3c(Cl)cc(S(=O)(=O)c4cccc(C#N)c4)cc3c2C1. The number of ether oxygens (including phenoxy) is 1. The summed E-state index contributed by atoms with van der Waals surface area (Å²) in [5.74, 6) is 0.669. The highest BCUT2D eigenvalue weighted by Crippen LogP contribution is 2.38. The van der Waals surface area contributed by atoms with Crippen LogP contribution < -0.4 is 0 Å². The maximum atomic E-state index is 13.2. The fourth-order valence-corrected chi connectivity index (χ4v) is 5.30. The van der Waals surface area contributed by atoms with Crippen LogP contribution in [0.1, 0.15) is 37.7 Å². The highest BCUT2D eigenvalue weighted by molar-refractivity contribution is 7.91. The highest BCUT2D eigenvalue weighted by Gasteiger charge is 2.30. The number of carbonyl (C=O) groups excluding carboxylic acids is 1. The van der Waals surface area contributed by atoms with Gasteiger partial charge in [0, 0.05) is 23.9 Å². The molecule has 0 aliphatic carbocycles. The number of hydrogen-bond acceptors (Lipinski definition) is 6. The van der Waals surface area contributed by atoms with E-state index >= 15 is 0 Å². The Morgan fingerprint density at radius 2 is 1.97 bits per heavy atom. The summed E-state index contributed by atoms with van der Waals surface area (Å²) in [6, 6.07) is 10.6. The van der Waals surface area contributed by atoms with Crippen molar-refractivity contribution in [2.24, 2.45) is 0 Å². The second-order valence-corrected chi connectivity index (χ2v) is 10.9. The summed E-state index contributed by atoms with van der Waals surface area (Å²) in [6.07, 6.45) is 0.0204. The number of nitrogens with zero attached hydrogens (tertiary/aromatic N) is 2. The lowest BCUT2D eigenvalue weighted by atomic mass is 10.1. The molecule has 3 aromatic rings. The number of furan rings is 1. The van der Waals surface area contributed by atoms with Crippen LogP contribution in [0.5, 0.6) is 0 Å². The van der Waals surface area contributed by atoms with Crippen LogP contribution in [-0.2, 0) is 27.5 Å². The van der Waals surface area contributed by atoms with Crippen molar-refractivity contribution in [1.82, 2.24) is 4.90 Å². The fourth-order valence-electron chi connectivity index (χ4n) is 3.62. The molecule has 32 heavy (non-hydrogen) atoms. The van der Waals surface area contributed by atoms with Gasteiger partial charge in [-0.3, -0.25) is 0 Å². The Balaban J connectivity index is 1.77. The maximum Gasteiger partial charge on any atom is 0.410 e. The largest absolute Gasteiger partial charge is 0.459 e. The fraction of sp³-hybridized carbons (Fsp3) is 0.304. The van der Waals surface area contributed by atoms with Gasteiger partial charge >= 0.3 is 6.09 Å². The molecule has 1 aliphatic rings. The molecule has 0 spiro atoms. The van der Waals surface area contributed by atoms with Crippen LogP contribution in [0.4, 0.5) is 4.79 Å². The Morgan fingerprint density at radius 3 is 2.66 bits per heavy atom. The van der Waals surface area contributed by atoms with Crippen LogP contribution in [0, 0.1) is 11.3 Å². The molecule has 4 rings (SSSR count). The summed E-state index contributed by atoms with van der Waals surface area (Å²) >= 11 is 6.40. The molecule has 1 aromatic heterocycles. The molecule has 0 N–H and O–H groups in total. The molecule has 1 amide bonds. The predicted octanol–water partition coefficient (Wildman–Crippen LogP) is 5.08. The molecule has 9 heteroatoms. The topological polar surface area (TPSA) is 101 Å². The zero-order valence-electron chi connectivity index (χ0n) is 17.8. The van der Waals surface area contributed by atoms with Crippen molar-refractivity contribution in [2.75, 3.05) is 6.54 Å². The number of benzene rings is 2. The first-order chi connectivity index (χ1) is 15.0. The first kappa shape index (κ1) is 22.2. The standard InChI is InChI=1S/C23H21ClN2O5S/c1-23(2,3)31-22(27)26-8-7-20-18(13-26)17-10-16(11-19(24)21(17)30-20)32(28,29)15-6-4-5-14(9-15)12-25/h4-6,9-11H,7-8,13H2,1-3H3. The van der Waals surface area contributed by atoms with E-state index in [-0.39, 0.29) is 26.9 Å². The molecule has 0 saturated heterocycles. The molecule has 1 aliphatic heterocycles. The van der Waals surface area contributed by atoms with E-state index in [0.717, 1.165) is 0 Å². The minimum absolute atomic E-state index is 0.000268. The minimum Gasteiger partial charge on any atom is -0.459 e. The van der Waals surface area contributed by atoms with Crippen LogP contribution in [0.2, 0.25) is 5.02 Å². The van der Waals surface area contributed by atoms with Gasteiger partial charge in [0.05, 0.1) is 33.0 Å². The molecule has 2 heterocycles. The van der Waals surface area contributed by atoms with Crippen molar-refractivity contribution in [2.45, 2.75) is 49.1 Å². The highest BCUT2D eigenvalue weighted by atomic mass is 35.5. The number of sulfone groups is 1. The number of nitriles is 1. The third-order valence-corrected chi connectivity index (χ3v) is 7.11. The molecule has 166 valence electrons. The van der Waals surface area contributed by atoms with Crippen molar-refractivity contribution in [1.29, 1.82) is 5.26 Å². The lowest BCUT2D eigenvalue weighted by Crippen LogP contribution is -2.39. The Morgan fingerprint density at radius 1 is 1.22 bits per heavy atom. The number of carbonyl (C=O) groups is 1. The third kappa shape index (κ3) is 4.06. The average molecular weight is 473 g/mol. The monoisotopic (exact) mass is 472 g/mol. The molecular formula is C23H21ClN2O5S. The molecule has 0 saturated carbocycles. The van der Waals surface area contributed by atoms with E-state index in [1.165, 1.54) is 36.4 Å². The Labute approximate surface area is 191 Å². The maximum absolute atomic E-state index is 13.2. The quantitative estimate of drug-likeness (QED) is 0.515. The molecule has 0 unspecified atom stereocenters. The minimum atomic E-state index is -3.93. The van der Waals surface area contributed by atoms with E-state index in [4.69, 9.17) is 26.0 Å². The lowest BCUT2D eigenvalue weighted by Gasteiger charge is -2.29. The molecule has 2 aromatic carbocycles. The smallest absolute Gasteiger partial charge is 0.410 e. The van der Waals surface area contributed by atoms with Gasteiger partial charge in [0.25, 0.3) is 0 Å². The number of amides is 1. The third-order valence-electron chi connectivity index (χ3n) is 5.10. The van der Waals surface area contributed by atoms with Crippen LogP contribution in [-0.4, -0.2) is 31.6 Å². The van der Waals surface area contributed by atoms with Gasteiger partial charge in [0.15, 0.2) is 5.58 Å². The Bertz CT molecular complexity index is 1380.